The van der Waals surface area contributed by atoms with Crippen molar-refractivity contribution >= 4 is 103 Å². The van der Waals surface area contributed by atoms with E-state index >= 15 is 9.59 Å². The quantitative estimate of drug-likeness (QED) is 0.152. The van der Waals surface area contributed by atoms with Crippen molar-refractivity contribution < 1.29 is 22.8 Å². The second-order valence-electron chi connectivity index (χ2n) is 14.2. The molecule has 0 spiro atoms. The molecule has 2 aliphatic rings. The molecule has 2 fully saturated rings. The minimum atomic E-state index is -4.56. The van der Waals surface area contributed by atoms with Gasteiger partial charge in [0.1, 0.15) is 24.3 Å². The first-order valence-electron chi connectivity index (χ1n) is 18.6. The number of halogens is 8. The molecule has 10 nitrogen and oxygen atoms in total. The van der Waals surface area contributed by atoms with Crippen LogP contribution in [0.25, 0.3) is 21.8 Å². The van der Waals surface area contributed by atoms with Crippen LogP contribution in [0.2, 0.25) is 25.1 Å². The number of amides is 2. The fourth-order valence-corrected chi connectivity index (χ4v) is 8.78. The zero-order valence-corrected chi connectivity index (χ0v) is 34.6. The Balaban J connectivity index is 1.17. The van der Waals surface area contributed by atoms with Gasteiger partial charge in [0.2, 0.25) is 0 Å². The zero-order valence-electron chi connectivity index (χ0n) is 30.8. The average molecular weight is 903 g/mol. The Kier molecular flexibility index (Phi) is 11.7. The molecule has 2 aromatic heterocycles. The van der Waals surface area contributed by atoms with E-state index in [1.807, 2.05) is 17.0 Å². The summed E-state index contributed by atoms with van der Waals surface area (Å²) in [7, 11) is 0. The number of benzene rings is 4. The van der Waals surface area contributed by atoms with Gasteiger partial charge in [0, 0.05) is 42.0 Å². The van der Waals surface area contributed by atoms with Gasteiger partial charge in [0.05, 0.1) is 59.9 Å². The molecular formula is C41H32Cl5F3N8O2. The third kappa shape index (κ3) is 8.15. The molecular weight excluding hydrogens is 871 g/mol. The van der Waals surface area contributed by atoms with Crippen LogP contribution in [0.1, 0.15) is 52.0 Å². The van der Waals surface area contributed by atoms with E-state index in [1.165, 1.54) is 28.7 Å². The molecule has 4 heterocycles. The molecule has 6 aromatic rings. The summed E-state index contributed by atoms with van der Waals surface area (Å²) < 4.78 is 41.3. The van der Waals surface area contributed by atoms with Crippen LogP contribution in [0.5, 0.6) is 0 Å². The first-order valence-corrected chi connectivity index (χ1v) is 20.5. The summed E-state index contributed by atoms with van der Waals surface area (Å²) in [6, 6.07) is 17.1. The van der Waals surface area contributed by atoms with Crippen LogP contribution in [0.15, 0.2) is 85.5 Å². The van der Waals surface area contributed by atoms with Crippen molar-refractivity contribution in [1.82, 2.24) is 30.0 Å². The largest absolute Gasteiger partial charge is 0.416 e. The molecule has 59 heavy (non-hydrogen) atoms. The summed E-state index contributed by atoms with van der Waals surface area (Å²) in [5.41, 5.74) is 0.448. The number of hydrogen-bond donors (Lipinski definition) is 0. The summed E-state index contributed by atoms with van der Waals surface area (Å²) in [6.45, 7) is 1.47. The molecule has 8 rings (SSSR count). The third-order valence-electron chi connectivity index (χ3n) is 10.8. The minimum absolute atomic E-state index is 0.0202. The normalized spacial score (nSPS) is 15.5. The highest BCUT2D eigenvalue weighted by molar-refractivity contribution is 6.44. The van der Waals surface area contributed by atoms with Crippen molar-refractivity contribution in [3.63, 3.8) is 0 Å². The van der Waals surface area contributed by atoms with Gasteiger partial charge in [-0.1, -0.05) is 70.1 Å². The van der Waals surface area contributed by atoms with Crippen molar-refractivity contribution in [3.05, 3.63) is 127 Å². The average Bonchev–Trinajstić information content (AvgIpc) is 3.23. The van der Waals surface area contributed by atoms with Gasteiger partial charge in [-0.15, -0.1) is 0 Å². The molecule has 0 bridgehead atoms. The van der Waals surface area contributed by atoms with Crippen LogP contribution in [0.4, 0.5) is 24.8 Å². The molecule has 2 amide bonds. The lowest BCUT2D eigenvalue weighted by Crippen LogP contribution is -2.62. The molecule has 0 N–H and O–H groups in total. The number of piperidine rings is 2. The first-order chi connectivity index (χ1) is 28.3. The molecule has 304 valence electrons. The molecule has 0 aliphatic carbocycles. The Labute approximate surface area is 361 Å². The van der Waals surface area contributed by atoms with E-state index in [9.17, 15) is 13.2 Å². The molecule has 0 atom stereocenters. The third-order valence-corrected chi connectivity index (χ3v) is 12.6. The molecule has 2 saturated heterocycles. The van der Waals surface area contributed by atoms with Crippen LogP contribution in [-0.2, 0) is 6.18 Å². The highest BCUT2D eigenvalue weighted by atomic mass is 35.5. The molecule has 0 radical (unpaired) electrons. The van der Waals surface area contributed by atoms with Gasteiger partial charge in [0.15, 0.2) is 0 Å². The van der Waals surface area contributed by atoms with Crippen molar-refractivity contribution in [3.8, 4) is 0 Å². The van der Waals surface area contributed by atoms with Crippen molar-refractivity contribution in [2.75, 3.05) is 36.0 Å². The summed E-state index contributed by atoms with van der Waals surface area (Å²) >= 11 is 32.7. The number of alkyl halides is 3. The minimum Gasteiger partial charge on any atom is -0.356 e. The Hall–Kier alpha value is -4.66. The maximum atomic E-state index is 15.1. The second-order valence-corrected chi connectivity index (χ2v) is 16.2. The van der Waals surface area contributed by atoms with Crippen LogP contribution in [0.3, 0.4) is 0 Å². The predicted molar refractivity (Wildman–Crippen MR) is 225 cm³/mol. The van der Waals surface area contributed by atoms with E-state index in [-0.39, 0.29) is 49.7 Å². The lowest BCUT2D eigenvalue weighted by atomic mass is 9.99. The first kappa shape index (κ1) is 41.1. The molecule has 4 aromatic carbocycles. The summed E-state index contributed by atoms with van der Waals surface area (Å²) in [4.78, 5) is 51.7. The Morgan fingerprint density at radius 2 is 1.03 bits per heavy atom. The van der Waals surface area contributed by atoms with E-state index < -0.39 is 35.6 Å². The number of anilines is 2. The van der Waals surface area contributed by atoms with Crippen LogP contribution in [-0.4, -0.2) is 80.0 Å². The topological polar surface area (TPSA) is 98.7 Å². The number of aromatic nitrogens is 4. The van der Waals surface area contributed by atoms with Crippen LogP contribution in [0, 0.1) is 0 Å². The molecule has 2 aliphatic heterocycles. The van der Waals surface area contributed by atoms with Gasteiger partial charge in [-0.05, 0) is 86.3 Å². The SMILES string of the molecule is O=C(c1cccc(Cl)c1Cl)N(C1CCN(c2ncnc3ccc(Cl)cc23)CC1)N(C(=O)c1cccc(Cl)c1Cl)C1CCN(c2ncnc3ccc(C(F)(F)F)cc23)CC1. The van der Waals surface area contributed by atoms with Gasteiger partial charge < -0.3 is 9.80 Å². The number of carbonyl (C=O) groups excluding carboxylic acids is 2. The summed E-state index contributed by atoms with van der Waals surface area (Å²) in [6.07, 6.45) is -0.330. The van der Waals surface area contributed by atoms with Crippen molar-refractivity contribution in [1.29, 1.82) is 0 Å². The van der Waals surface area contributed by atoms with Gasteiger partial charge in [0.25, 0.3) is 11.8 Å². The van der Waals surface area contributed by atoms with Crippen molar-refractivity contribution in [2.24, 2.45) is 0 Å². The Morgan fingerprint density at radius 3 is 1.49 bits per heavy atom. The Bertz CT molecular complexity index is 2590. The second kappa shape index (κ2) is 16.8. The number of fused-ring (bicyclic) bond motifs is 2. The molecule has 18 heteroatoms. The fourth-order valence-electron chi connectivity index (χ4n) is 7.85. The zero-order chi connectivity index (χ0) is 41.6. The maximum absolute atomic E-state index is 15.1. The maximum Gasteiger partial charge on any atom is 0.416 e. The van der Waals surface area contributed by atoms with Gasteiger partial charge >= 0.3 is 6.18 Å². The standard InChI is InChI=1S/C41H32Cl5F3N8O2/c42-24-8-10-34-30(20-24)38(53-22-51-34)55-17-13-26(14-18-55)57(40(59)28-4-2-6-32(44)36(28)46)56(39(58)27-3-1-5-31(43)35(27)45)25-11-15-54(16-12-25)37-29-19-23(41(47,48)49)7-9-33(29)50-21-52-37/h1-10,19-22,25-26H,11-18H2. The molecule has 0 saturated carbocycles. The van der Waals surface area contributed by atoms with Gasteiger partial charge in [-0.3, -0.25) is 9.59 Å². The highest BCUT2D eigenvalue weighted by Crippen LogP contribution is 2.38. The fraction of sp³-hybridized carbons (Fsp3) is 0.268. The number of carbonyl (C=O) groups is 2. The number of nitrogens with zero attached hydrogens (tertiary/aromatic N) is 8. The van der Waals surface area contributed by atoms with E-state index in [4.69, 9.17) is 58.0 Å². The summed E-state index contributed by atoms with van der Waals surface area (Å²) in [5.74, 6) is -0.0913. The number of hydrazine groups is 1. The number of rotatable bonds is 6. The monoisotopic (exact) mass is 900 g/mol. The smallest absolute Gasteiger partial charge is 0.356 e. The van der Waals surface area contributed by atoms with Gasteiger partial charge in [-0.25, -0.2) is 30.0 Å². The predicted octanol–water partition coefficient (Wildman–Crippen LogP) is 10.7. The van der Waals surface area contributed by atoms with E-state index in [0.717, 1.165) is 23.0 Å². The van der Waals surface area contributed by atoms with Crippen molar-refractivity contribution in [2.45, 2.75) is 43.9 Å². The van der Waals surface area contributed by atoms with E-state index in [2.05, 4.69) is 24.8 Å². The lowest BCUT2D eigenvalue weighted by molar-refractivity contribution is -0.137. The lowest BCUT2D eigenvalue weighted by Gasteiger charge is -2.48. The van der Waals surface area contributed by atoms with Crippen LogP contribution < -0.4 is 9.80 Å². The summed E-state index contributed by atoms with van der Waals surface area (Å²) in [5, 5.41) is 4.89. The van der Waals surface area contributed by atoms with E-state index in [0.29, 0.717) is 60.9 Å². The van der Waals surface area contributed by atoms with Crippen LogP contribution >= 0.6 is 58.0 Å². The number of hydrogen-bond acceptors (Lipinski definition) is 8. The van der Waals surface area contributed by atoms with Gasteiger partial charge in [-0.2, -0.15) is 13.2 Å². The Morgan fingerprint density at radius 1 is 0.593 bits per heavy atom. The van der Waals surface area contributed by atoms with E-state index in [1.54, 1.807) is 42.5 Å². The highest BCUT2D eigenvalue weighted by Gasteiger charge is 2.42. The molecule has 0 unspecified atom stereocenters.